The van der Waals surface area contributed by atoms with E-state index in [1.54, 1.807) is 36.4 Å². The number of alkyl halides is 3. The first kappa shape index (κ1) is 21.0. The number of rotatable bonds is 5. The first-order chi connectivity index (χ1) is 14.8. The van der Waals surface area contributed by atoms with E-state index in [0.29, 0.717) is 16.5 Å². The molecule has 4 aromatic rings. The number of nitrogens with zero attached hydrogens (tertiary/aromatic N) is 2. The Morgan fingerprint density at radius 1 is 0.903 bits per heavy atom. The minimum absolute atomic E-state index is 0.0991. The minimum Gasteiger partial charge on any atom is -0.487 e. The predicted molar refractivity (Wildman–Crippen MR) is 115 cm³/mol. The second-order valence-electron chi connectivity index (χ2n) is 7.06. The van der Waals surface area contributed by atoms with E-state index in [2.05, 4.69) is 11.2 Å². The zero-order chi connectivity index (χ0) is 22.0. The quantitative estimate of drug-likeness (QED) is 0.329. The van der Waals surface area contributed by atoms with Crippen molar-refractivity contribution in [1.82, 2.24) is 9.78 Å². The lowest BCUT2D eigenvalue weighted by molar-refractivity contribution is -0.141. The third-order valence-electron chi connectivity index (χ3n) is 4.75. The summed E-state index contributed by atoms with van der Waals surface area (Å²) in [4.78, 5) is 0. The van der Waals surface area contributed by atoms with Crippen molar-refractivity contribution in [2.45, 2.75) is 19.7 Å². The van der Waals surface area contributed by atoms with Crippen molar-refractivity contribution >= 4 is 11.6 Å². The third-order valence-corrected chi connectivity index (χ3v) is 5.07. The first-order valence-corrected chi connectivity index (χ1v) is 9.90. The van der Waals surface area contributed by atoms with Crippen LogP contribution in [0.15, 0.2) is 78.9 Å². The van der Waals surface area contributed by atoms with Crippen molar-refractivity contribution in [3.8, 4) is 22.6 Å². The molecule has 1 aromatic heterocycles. The third kappa shape index (κ3) is 4.75. The van der Waals surface area contributed by atoms with Gasteiger partial charge in [0.25, 0.3) is 0 Å². The molecule has 0 aliphatic carbocycles. The smallest absolute Gasteiger partial charge is 0.435 e. The number of aromatic nitrogens is 2. The van der Waals surface area contributed by atoms with Gasteiger partial charge < -0.3 is 4.74 Å². The van der Waals surface area contributed by atoms with Crippen molar-refractivity contribution in [3.05, 3.63) is 101 Å². The Labute approximate surface area is 182 Å². The van der Waals surface area contributed by atoms with Gasteiger partial charge in [0.2, 0.25) is 0 Å². The van der Waals surface area contributed by atoms with E-state index in [-0.39, 0.29) is 12.3 Å². The highest BCUT2D eigenvalue weighted by atomic mass is 35.5. The molecule has 0 aliphatic heterocycles. The summed E-state index contributed by atoms with van der Waals surface area (Å²) < 4.78 is 46.7. The van der Waals surface area contributed by atoms with Gasteiger partial charge in [-0.1, -0.05) is 65.7 Å². The number of hydrogen-bond donors (Lipinski definition) is 0. The number of ether oxygens (including phenoxy) is 1. The summed E-state index contributed by atoms with van der Waals surface area (Å²) in [5.74, 6) is 0.539. The van der Waals surface area contributed by atoms with Crippen LogP contribution in [0.25, 0.3) is 16.8 Å². The average molecular weight is 443 g/mol. The largest absolute Gasteiger partial charge is 0.487 e. The second-order valence-corrected chi connectivity index (χ2v) is 7.47. The summed E-state index contributed by atoms with van der Waals surface area (Å²) in [6.07, 6.45) is -4.57. The van der Waals surface area contributed by atoms with Gasteiger partial charge in [-0.05, 0) is 48.4 Å². The molecular weight excluding hydrogens is 425 g/mol. The van der Waals surface area contributed by atoms with Crippen LogP contribution in [-0.4, -0.2) is 9.78 Å². The van der Waals surface area contributed by atoms with Crippen molar-refractivity contribution in [3.63, 3.8) is 0 Å². The normalized spacial score (nSPS) is 11.5. The average Bonchev–Trinajstić information content (AvgIpc) is 3.17. The number of aryl methyl sites for hydroxylation is 1. The summed E-state index contributed by atoms with van der Waals surface area (Å²) in [6, 6.07) is 23.1. The maximum atomic E-state index is 13.2. The summed E-state index contributed by atoms with van der Waals surface area (Å²) in [5, 5.41) is 4.01. The van der Waals surface area contributed by atoms with Crippen LogP contribution in [-0.2, 0) is 12.8 Å². The van der Waals surface area contributed by atoms with Crippen molar-refractivity contribution in [2.24, 2.45) is 0 Å². The molecular formula is C24H18ClF3N2O. The molecule has 31 heavy (non-hydrogen) atoms. The van der Waals surface area contributed by atoms with Gasteiger partial charge in [-0.15, -0.1) is 0 Å². The molecule has 0 saturated carbocycles. The van der Waals surface area contributed by atoms with Gasteiger partial charge in [0.05, 0.1) is 16.4 Å². The molecule has 0 aliphatic rings. The van der Waals surface area contributed by atoms with Crippen LogP contribution in [0.3, 0.4) is 0 Å². The number of halogens is 4. The highest BCUT2D eigenvalue weighted by Crippen LogP contribution is 2.31. The summed E-state index contributed by atoms with van der Waals surface area (Å²) in [5.41, 5.74) is 2.86. The van der Waals surface area contributed by atoms with Gasteiger partial charge in [-0.3, -0.25) is 0 Å². The Kier molecular flexibility index (Phi) is 5.74. The molecule has 0 saturated heterocycles. The van der Waals surface area contributed by atoms with Crippen LogP contribution in [0.4, 0.5) is 13.2 Å². The van der Waals surface area contributed by atoms with E-state index in [9.17, 15) is 13.2 Å². The lowest BCUT2D eigenvalue weighted by Gasteiger charge is -2.11. The van der Waals surface area contributed by atoms with Crippen LogP contribution < -0.4 is 4.74 Å². The fraction of sp³-hybridized carbons (Fsp3) is 0.125. The molecule has 0 spiro atoms. The zero-order valence-corrected chi connectivity index (χ0v) is 17.3. The highest BCUT2D eigenvalue weighted by molar-refractivity contribution is 6.32. The Bertz CT molecular complexity index is 1200. The second kappa shape index (κ2) is 8.47. The molecule has 0 fully saturated rings. The molecule has 0 atom stereocenters. The standard InChI is InChI=1S/C24H18ClF3N2O/c1-16-5-4-6-18(13-16)17-9-11-20(12-10-17)31-15-19-14-23(24(26,27)28)29-30(19)22-8-3-2-7-21(22)25/h2-14H,15H2,1H3. The van der Waals surface area contributed by atoms with E-state index in [0.717, 1.165) is 22.8 Å². The molecule has 4 rings (SSSR count). The van der Waals surface area contributed by atoms with E-state index in [1.807, 2.05) is 37.3 Å². The van der Waals surface area contributed by atoms with E-state index >= 15 is 0 Å². The minimum atomic E-state index is -4.57. The number of benzene rings is 3. The SMILES string of the molecule is Cc1cccc(-c2ccc(OCc3cc(C(F)(F)F)nn3-c3ccccc3Cl)cc2)c1. The fourth-order valence-electron chi connectivity index (χ4n) is 3.22. The molecule has 0 bridgehead atoms. The lowest BCUT2D eigenvalue weighted by Crippen LogP contribution is -2.08. The molecule has 7 heteroatoms. The van der Waals surface area contributed by atoms with Gasteiger partial charge >= 0.3 is 6.18 Å². The van der Waals surface area contributed by atoms with Crippen molar-refractivity contribution < 1.29 is 17.9 Å². The van der Waals surface area contributed by atoms with E-state index in [1.165, 1.54) is 4.68 Å². The topological polar surface area (TPSA) is 27.1 Å². The molecule has 0 unspecified atom stereocenters. The fourth-order valence-corrected chi connectivity index (χ4v) is 3.43. The van der Waals surface area contributed by atoms with Crippen LogP contribution >= 0.6 is 11.6 Å². The Balaban J connectivity index is 1.58. The van der Waals surface area contributed by atoms with Crippen LogP contribution in [0, 0.1) is 6.92 Å². The van der Waals surface area contributed by atoms with Crippen molar-refractivity contribution in [1.29, 1.82) is 0 Å². The molecule has 1 heterocycles. The Hall–Kier alpha value is -3.25. The van der Waals surface area contributed by atoms with E-state index in [4.69, 9.17) is 16.3 Å². The highest BCUT2D eigenvalue weighted by Gasteiger charge is 2.35. The monoisotopic (exact) mass is 442 g/mol. The Morgan fingerprint density at radius 2 is 1.65 bits per heavy atom. The predicted octanol–water partition coefficient (Wildman–Crippen LogP) is 7.10. The number of hydrogen-bond acceptors (Lipinski definition) is 2. The molecule has 3 nitrogen and oxygen atoms in total. The summed E-state index contributed by atoms with van der Waals surface area (Å²) >= 11 is 6.18. The number of para-hydroxylation sites is 1. The zero-order valence-electron chi connectivity index (χ0n) is 16.5. The van der Waals surface area contributed by atoms with Crippen LogP contribution in [0.2, 0.25) is 5.02 Å². The van der Waals surface area contributed by atoms with Gasteiger partial charge in [0.1, 0.15) is 12.4 Å². The lowest BCUT2D eigenvalue weighted by atomic mass is 10.0. The maximum absolute atomic E-state index is 13.2. The van der Waals surface area contributed by atoms with Crippen LogP contribution in [0.5, 0.6) is 5.75 Å². The molecule has 3 aromatic carbocycles. The van der Waals surface area contributed by atoms with Gasteiger partial charge in [-0.25, -0.2) is 4.68 Å². The maximum Gasteiger partial charge on any atom is 0.435 e. The van der Waals surface area contributed by atoms with Gasteiger partial charge in [0, 0.05) is 0 Å². The molecule has 0 N–H and O–H groups in total. The molecule has 0 radical (unpaired) electrons. The van der Waals surface area contributed by atoms with Crippen LogP contribution in [0.1, 0.15) is 17.0 Å². The molecule has 0 amide bonds. The molecule has 158 valence electrons. The Morgan fingerprint density at radius 3 is 2.32 bits per heavy atom. The van der Waals surface area contributed by atoms with Crippen molar-refractivity contribution in [2.75, 3.05) is 0 Å². The summed E-state index contributed by atoms with van der Waals surface area (Å²) in [7, 11) is 0. The van der Waals surface area contributed by atoms with E-state index < -0.39 is 11.9 Å². The first-order valence-electron chi connectivity index (χ1n) is 9.52. The summed E-state index contributed by atoms with van der Waals surface area (Å²) in [6.45, 7) is 1.93. The van der Waals surface area contributed by atoms with Gasteiger partial charge in [-0.2, -0.15) is 18.3 Å². The van der Waals surface area contributed by atoms with Gasteiger partial charge in [0.15, 0.2) is 5.69 Å².